The van der Waals surface area contributed by atoms with Gasteiger partial charge in [0.05, 0.1) is 79.3 Å². The molecule has 14 heteroatoms. The summed E-state index contributed by atoms with van der Waals surface area (Å²) in [6, 6.07) is 124. The summed E-state index contributed by atoms with van der Waals surface area (Å²) in [6.07, 6.45) is 8.81. The van der Waals surface area contributed by atoms with E-state index in [2.05, 4.69) is 370 Å². The number of ether oxygens (including phenoxy) is 14. The summed E-state index contributed by atoms with van der Waals surface area (Å²) in [7, 11) is 16.6. The van der Waals surface area contributed by atoms with Gasteiger partial charge >= 0.3 is 0 Å². The number of methoxy groups -OCH3 is 8. The molecule has 6 unspecified atom stereocenters. The lowest BCUT2D eigenvalue weighted by atomic mass is 10.1. The Morgan fingerprint density at radius 1 is 0.162 bits per heavy atom. The molecule has 6 heterocycles. The zero-order valence-electron chi connectivity index (χ0n) is 85.8. The summed E-state index contributed by atoms with van der Waals surface area (Å²) in [5.74, 6) is 0. The van der Waals surface area contributed by atoms with Crippen molar-refractivity contribution in [2.75, 3.05) is 150 Å². The highest BCUT2D eigenvalue weighted by Gasteiger charge is 2.24. The third-order valence-electron chi connectivity index (χ3n) is 15.8. The summed E-state index contributed by atoms with van der Waals surface area (Å²) >= 11 is 0. The average Bonchev–Trinajstić information content (AvgIpc) is 1.44. The molecule has 14 aromatic carbocycles. The van der Waals surface area contributed by atoms with Gasteiger partial charge in [0.15, 0.2) is 0 Å². The lowest BCUT2D eigenvalue weighted by Gasteiger charge is -1.92. The van der Waals surface area contributed by atoms with E-state index in [9.17, 15) is 0 Å². The number of fused-ring (bicyclic) bond motifs is 6. The molecule has 0 N–H and O–H groups in total. The van der Waals surface area contributed by atoms with Gasteiger partial charge in [0, 0.05) is 71.1 Å². The van der Waals surface area contributed by atoms with E-state index >= 15 is 0 Å². The Morgan fingerprint density at radius 3 is 0.257 bits per heavy atom. The van der Waals surface area contributed by atoms with E-state index in [0.717, 1.165) is 79.3 Å². The van der Waals surface area contributed by atoms with Gasteiger partial charge in [0.2, 0.25) is 0 Å². The maximum absolute atomic E-state index is 4.82. The van der Waals surface area contributed by atoms with Crippen LogP contribution in [0.5, 0.6) is 0 Å². The van der Waals surface area contributed by atoms with Gasteiger partial charge in [-0.15, -0.1) is 0 Å². The molecule has 6 saturated heterocycles. The molecule has 6 aliphatic heterocycles. The van der Waals surface area contributed by atoms with Crippen molar-refractivity contribution < 1.29 is 66.3 Å². The molecular weight excluding hydrogens is 1690 g/mol. The van der Waals surface area contributed by atoms with Gasteiger partial charge in [-0.25, -0.2) is 0 Å². The minimum atomic E-state index is 0. The van der Waals surface area contributed by atoms with Crippen molar-refractivity contribution in [3.05, 3.63) is 364 Å². The Labute approximate surface area is 828 Å². The molecule has 14 nitrogen and oxygen atoms in total. The summed E-state index contributed by atoms with van der Waals surface area (Å²) in [6.45, 7) is 39.2. The number of rotatable bonds is 12. The monoisotopic (exact) mass is 1870 g/mol. The van der Waals surface area contributed by atoms with E-state index in [4.69, 9.17) is 56.8 Å². The van der Waals surface area contributed by atoms with E-state index in [1.54, 1.807) is 71.1 Å². The molecule has 0 saturated carbocycles. The van der Waals surface area contributed by atoms with Crippen molar-refractivity contribution in [3.8, 4) is 0 Å². The Balaban J connectivity index is -0.000000329. The van der Waals surface area contributed by atoms with Crippen molar-refractivity contribution in [2.45, 2.75) is 188 Å². The van der Waals surface area contributed by atoms with Gasteiger partial charge in [-0.05, 0) is 64.6 Å². The van der Waals surface area contributed by atoms with Crippen LogP contribution in [0, 0.1) is 0 Å². The number of hydrogen-bond donors (Lipinski definition) is 0. The van der Waals surface area contributed by atoms with E-state index in [1.165, 1.54) is 96.7 Å². The first-order valence-corrected chi connectivity index (χ1v) is 47.4. The second-order valence-corrected chi connectivity index (χ2v) is 29.2. The molecule has 0 spiro atoms. The minimum absolute atomic E-state index is 0. The first-order valence-electron chi connectivity index (χ1n) is 47.4. The smallest absolute Gasteiger partial charge is 0.104 e. The SMILES string of the molecule is C.C.C.CC.CC.CCC.CCC.CCC.CCC.CCC.COC.COC.COCC1CO1.COCC1CO1.COCC1CO1.COCC1CO1.COCC1CO1.COCC1CO1.c1ccc2ccccc2c1.c1ccc2ccccc2c1.c1ccc2ccccc2c1.c1ccc2ccccc2c1.c1ccc2ccccc2c1.c1ccc2ccccc2c1.c1ccccc1.c1ccccc1. The molecule has 0 aliphatic carbocycles. The van der Waals surface area contributed by atoms with E-state index in [-0.39, 0.29) is 22.3 Å². The van der Waals surface area contributed by atoms with Crippen LogP contribution in [-0.4, -0.2) is 187 Å². The fraction of sp³-hybridized carbons (Fsp3) is 0.410. The molecule has 136 heavy (non-hydrogen) atoms. The molecule has 6 atom stereocenters. The molecule has 20 rings (SSSR count). The lowest BCUT2D eigenvalue weighted by molar-refractivity contribution is 0.171. The van der Waals surface area contributed by atoms with Gasteiger partial charge in [-0.2, -0.15) is 0 Å². The molecule has 6 fully saturated rings. The molecular formula is C122H184O14. The Bertz CT molecular complexity index is 3470. The highest BCUT2D eigenvalue weighted by atomic mass is 16.6. The fourth-order valence-electron chi connectivity index (χ4n) is 9.67. The van der Waals surface area contributed by atoms with Gasteiger partial charge in [0.25, 0.3) is 0 Å². The number of hydrogen-bond acceptors (Lipinski definition) is 14. The van der Waals surface area contributed by atoms with E-state index < -0.39 is 0 Å². The van der Waals surface area contributed by atoms with Gasteiger partial charge in [-0.1, -0.05) is 515 Å². The van der Waals surface area contributed by atoms with Crippen molar-refractivity contribution in [1.82, 2.24) is 0 Å². The first kappa shape index (κ1) is 137. The predicted molar refractivity (Wildman–Crippen MR) is 595 cm³/mol. The summed E-state index contributed by atoms with van der Waals surface area (Å²) < 4.78 is 65.9. The van der Waals surface area contributed by atoms with E-state index in [0.29, 0.717) is 36.6 Å². The predicted octanol–water partition coefficient (Wildman–Crippen LogP) is 32.2. The van der Waals surface area contributed by atoms with Crippen LogP contribution in [0.2, 0.25) is 0 Å². The maximum atomic E-state index is 4.82. The number of benzene rings is 14. The Kier molecular flexibility index (Phi) is 106. The molecule has 0 aromatic heterocycles. The van der Waals surface area contributed by atoms with Crippen molar-refractivity contribution in [2.24, 2.45) is 0 Å². The van der Waals surface area contributed by atoms with Crippen LogP contribution < -0.4 is 0 Å². The van der Waals surface area contributed by atoms with Crippen molar-refractivity contribution in [3.63, 3.8) is 0 Å². The Morgan fingerprint density at radius 2 is 0.221 bits per heavy atom. The van der Waals surface area contributed by atoms with Crippen molar-refractivity contribution in [1.29, 1.82) is 0 Å². The lowest BCUT2D eigenvalue weighted by Crippen LogP contribution is -1.94. The van der Waals surface area contributed by atoms with Crippen LogP contribution in [0.4, 0.5) is 0 Å². The fourth-order valence-corrected chi connectivity index (χ4v) is 9.67. The summed E-state index contributed by atoms with van der Waals surface area (Å²) in [5, 5.41) is 15.7. The molecule has 6 aliphatic rings. The standard InChI is InChI=1S/6C10H8.2C6H6.6C4H8O2.5C3H8.2C2H6O.2C2H6.3CH4/c6*1-2-6-10-8-4-3-7-9(10)5-1;2*1-2-4-6-5-3-1;6*1-5-2-4-3-6-4;7*1-3-2;2*1-2;;;/h6*1-8H;2*1-6H;6*4H,2-3H2,1H3;5*3H2,1-2H3;2*1-2H3;2*1-2H3;3*1H4. The van der Waals surface area contributed by atoms with Crippen LogP contribution in [0.1, 0.15) is 151 Å². The topological polar surface area (TPSA) is 149 Å². The highest BCUT2D eigenvalue weighted by molar-refractivity contribution is 5.85. The highest BCUT2D eigenvalue weighted by Crippen LogP contribution is 2.18. The largest absolute Gasteiger partial charge is 0.388 e. The average molecular weight is 1870 g/mol. The molecule has 14 aromatic rings. The zero-order chi connectivity index (χ0) is 98.7. The first-order chi connectivity index (χ1) is 65.3. The molecule has 0 radical (unpaired) electrons. The third kappa shape index (κ3) is 88.1. The van der Waals surface area contributed by atoms with Crippen LogP contribution in [0.15, 0.2) is 364 Å². The second-order valence-electron chi connectivity index (χ2n) is 29.2. The van der Waals surface area contributed by atoms with Crippen molar-refractivity contribution >= 4 is 64.6 Å². The minimum Gasteiger partial charge on any atom is -0.388 e. The van der Waals surface area contributed by atoms with Gasteiger partial charge in [-0.3, -0.25) is 0 Å². The maximum Gasteiger partial charge on any atom is 0.104 e. The zero-order valence-corrected chi connectivity index (χ0v) is 85.8. The quantitative estimate of drug-likeness (QED) is 0.107. The van der Waals surface area contributed by atoms with Crippen LogP contribution in [-0.2, 0) is 66.3 Å². The summed E-state index contributed by atoms with van der Waals surface area (Å²) in [4.78, 5) is 0. The second kappa shape index (κ2) is 106. The van der Waals surface area contributed by atoms with Gasteiger partial charge < -0.3 is 66.3 Å². The van der Waals surface area contributed by atoms with Crippen LogP contribution in [0.25, 0.3) is 64.6 Å². The molecule has 0 amide bonds. The normalized spacial score (nSPS) is 14.2. The molecule has 0 bridgehead atoms. The Hall–Kier alpha value is -9.92. The summed E-state index contributed by atoms with van der Waals surface area (Å²) in [5.41, 5.74) is 0. The third-order valence-corrected chi connectivity index (χ3v) is 15.8. The molecule has 756 valence electrons. The van der Waals surface area contributed by atoms with Crippen LogP contribution >= 0.6 is 0 Å². The number of epoxide rings is 6. The van der Waals surface area contributed by atoms with Gasteiger partial charge in [0.1, 0.15) is 36.6 Å². The van der Waals surface area contributed by atoms with Crippen LogP contribution in [0.3, 0.4) is 0 Å². The van der Waals surface area contributed by atoms with E-state index in [1.807, 2.05) is 100 Å².